The van der Waals surface area contributed by atoms with E-state index in [1.54, 1.807) is 0 Å². The van der Waals surface area contributed by atoms with Crippen LogP contribution in [0.5, 0.6) is 0 Å². The summed E-state index contributed by atoms with van der Waals surface area (Å²) in [6.45, 7) is 4.09. The van der Waals surface area contributed by atoms with Crippen LogP contribution in [0.2, 0.25) is 0 Å². The van der Waals surface area contributed by atoms with Crippen molar-refractivity contribution in [1.82, 2.24) is 0 Å². The average Bonchev–Trinajstić information content (AvgIpc) is 2.47. The molecule has 0 saturated heterocycles. The van der Waals surface area contributed by atoms with Crippen molar-refractivity contribution in [1.29, 1.82) is 0 Å². The Morgan fingerprint density at radius 1 is 0.650 bits per heavy atom. The van der Waals surface area contributed by atoms with Gasteiger partial charge >= 0.3 is 0 Å². The lowest BCUT2D eigenvalue weighted by molar-refractivity contribution is -0.679. The van der Waals surface area contributed by atoms with Crippen molar-refractivity contribution in [2.45, 2.75) is 26.7 Å². The topological polar surface area (TPSA) is 32.5 Å². The van der Waals surface area contributed by atoms with E-state index in [9.17, 15) is 0 Å². The predicted molar refractivity (Wildman–Crippen MR) is 79.5 cm³/mol. The van der Waals surface area contributed by atoms with Crippen molar-refractivity contribution >= 4 is 11.4 Å². The molecule has 0 amide bonds. The Bertz CT molecular complexity index is 533. The van der Waals surface area contributed by atoms with Crippen LogP contribution in [0.1, 0.15) is 26.7 Å². The first-order valence-electron chi connectivity index (χ1n) is 6.75. The summed E-state index contributed by atoms with van der Waals surface area (Å²) in [7, 11) is 0. The summed E-state index contributed by atoms with van der Waals surface area (Å²) in [5.41, 5.74) is 2.18. The Kier molecular flexibility index (Phi) is 5.12. The van der Waals surface area contributed by atoms with Crippen molar-refractivity contribution < 1.29 is 9.35 Å². The SMILES string of the molecule is CC(CCC(C)=N[n+]1ccccc1)=N[n+]1ccccc1. The number of rotatable bonds is 5. The van der Waals surface area contributed by atoms with E-state index in [-0.39, 0.29) is 0 Å². The molecule has 0 aliphatic heterocycles. The number of hydrogen-bond acceptors (Lipinski definition) is 2. The Labute approximate surface area is 119 Å². The quantitative estimate of drug-likeness (QED) is 0.588. The molecular formula is C16H20N4+2. The highest BCUT2D eigenvalue weighted by Gasteiger charge is 2.03. The molecule has 20 heavy (non-hydrogen) atoms. The van der Waals surface area contributed by atoms with E-state index in [1.807, 2.05) is 84.4 Å². The van der Waals surface area contributed by atoms with Crippen LogP contribution >= 0.6 is 0 Å². The lowest BCUT2D eigenvalue weighted by Crippen LogP contribution is -2.28. The van der Waals surface area contributed by atoms with Gasteiger partial charge in [0.2, 0.25) is 24.8 Å². The average molecular weight is 268 g/mol. The van der Waals surface area contributed by atoms with Crippen LogP contribution in [0, 0.1) is 0 Å². The number of hydrogen-bond donors (Lipinski definition) is 0. The fourth-order valence-corrected chi connectivity index (χ4v) is 1.77. The van der Waals surface area contributed by atoms with Crippen LogP contribution in [0.4, 0.5) is 0 Å². The third-order valence-corrected chi connectivity index (χ3v) is 2.82. The smallest absolute Gasteiger partial charge is 0.0597 e. The van der Waals surface area contributed by atoms with Crippen molar-refractivity contribution in [3.63, 3.8) is 0 Å². The van der Waals surface area contributed by atoms with Crippen LogP contribution in [0.3, 0.4) is 0 Å². The van der Waals surface area contributed by atoms with Gasteiger partial charge in [0.05, 0.1) is 11.4 Å². The zero-order chi connectivity index (χ0) is 14.2. The monoisotopic (exact) mass is 268 g/mol. The second-order valence-corrected chi connectivity index (χ2v) is 4.68. The van der Waals surface area contributed by atoms with E-state index in [4.69, 9.17) is 0 Å². The van der Waals surface area contributed by atoms with Gasteiger partial charge in [-0.15, -0.1) is 0 Å². The summed E-state index contributed by atoms with van der Waals surface area (Å²) >= 11 is 0. The van der Waals surface area contributed by atoms with Crippen molar-refractivity contribution in [3.05, 3.63) is 61.2 Å². The minimum atomic E-state index is 0.907. The van der Waals surface area contributed by atoms with E-state index < -0.39 is 0 Å². The molecule has 0 radical (unpaired) electrons. The number of nitrogens with zero attached hydrogens (tertiary/aromatic N) is 4. The number of pyridine rings is 2. The third kappa shape index (κ3) is 4.72. The molecule has 0 unspecified atom stereocenters. The highest BCUT2D eigenvalue weighted by Crippen LogP contribution is 1.95. The van der Waals surface area contributed by atoms with Gasteiger partial charge in [-0.1, -0.05) is 21.5 Å². The van der Waals surface area contributed by atoms with E-state index >= 15 is 0 Å². The van der Waals surface area contributed by atoms with Crippen LogP contribution in [0.15, 0.2) is 71.4 Å². The Balaban J connectivity index is 1.92. The Hall–Kier alpha value is -2.36. The van der Waals surface area contributed by atoms with Gasteiger partial charge in [0.15, 0.2) is 0 Å². The molecule has 0 aromatic carbocycles. The molecule has 0 fully saturated rings. The molecule has 0 saturated carbocycles. The van der Waals surface area contributed by atoms with E-state index in [0.717, 1.165) is 24.3 Å². The first kappa shape index (κ1) is 14.1. The first-order chi connectivity index (χ1) is 9.74. The molecule has 4 heteroatoms. The fourth-order valence-electron chi connectivity index (χ4n) is 1.77. The molecule has 2 aromatic rings. The summed E-state index contributed by atoms with van der Waals surface area (Å²) < 4.78 is 3.65. The molecule has 2 heterocycles. The molecule has 0 aliphatic carbocycles. The van der Waals surface area contributed by atoms with Crippen LogP contribution in [0.25, 0.3) is 0 Å². The molecule has 4 nitrogen and oxygen atoms in total. The molecule has 2 aromatic heterocycles. The molecule has 0 N–H and O–H groups in total. The van der Waals surface area contributed by atoms with Gasteiger partial charge in [0, 0.05) is 24.3 Å². The Morgan fingerprint density at radius 3 is 1.35 bits per heavy atom. The van der Waals surface area contributed by atoms with Crippen LogP contribution < -0.4 is 9.35 Å². The standard InChI is InChI=1S/C16H20N4/c1-15(17-19-11-5-3-6-12-19)9-10-16(2)18-20-13-7-4-8-14-20/h3-8,11-14H,9-10H2,1-2H3/q+2. The third-order valence-electron chi connectivity index (χ3n) is 2.82. The van der Waals surface area contributed by atoms with Gasteiger partial charge in [0.1, 0.15) is 0 Å². The zero-order valence-electron chi connectivity index (χ0n) is 12.0. The maximum Gasteiger partial charge on any atom is 0.202 e. The van der Waals surface area contributed by atoms with Crippen molar-refractivity contribution in [3.8, 4) is 0 Å². The molecule has 0 spiro atoms. The summed E-state index contributed by atoms with van der Waals surface area (Å²) in [5.74, 6) is 0. The summed E-state index contributed by atoms with van der Waals surface area (Å²) in [5, 5.41) is 9.02. The highest BCUT2D eigenvalue weighted by molar-refractivity contribution is 5.88. The summed E-state index contributed by atoms with van der Waals surface area (Å²) in [4.78, 5) is 0. The molecule has 0 atom stereocenters. The molecular weight excluding hydrogens is 248 g/mol. The van der Waals surface area contributed by atoms with E-state index in [1.165, 1.54) is 0 Å². The van der Waals surface area contributed by atoms with Gasteiger partial charge in [-0.25, -0.2) is 0 Å². The summed E-state index contributed by atoms with van der Waals surface area (Å²) in [6, 6.07) is 11.8. The largest absolute Gasteiger partial charge is 0.202 e. The van der Waals surface area contributed by atoms with Gasteiger partial charge in [-0.05, 0) is 36.9 Å². The maximum atomic E-state index is 4.51. The minimum absolute atomic E-state index is 0.907. The minimum Gasteiger partial charge on any atom is -0.0597 e. The lowest BCUT2D eigenvalue weighted by Gasteiger charge is -1.96. The van der Waals surface area contributed by atoms with Crippen molar-refractivity contribution in [2.24, 2.45) is 10.2 Å². The zero-order valence-corrected chi connectivity index (χ0v) is 12.0. The van der Waals surface area contributed by atoms with Crippen molar-refractivity contribution in [2.75, 3.05) is 0 Å². The molecule has 2 rings (SSSR count). The van der Waals surface area contributed by atoms with Gasteiger partial charge in [0.25, 0.3) is 0 Å². The first-order valence-corrected chi connectivity index (χ1v) is 6.75. The number of aromatic nitrogens is 2. The second kappa shape index (κ2) is 7.28. The molecule has 0 bridgehead atoms. The lowest BCUT2D eigenvalue weighted by atomic mass is 10.2. The maximum absolute atomic E-state index is 4.51. The normalized spacial score (nSPS) is 12.5. The van der Waals surface area contributed by atoms with Crippen LogP contribution in [-0.2, 0) is 0 Å². The second-order valence-electron chi connectivity index (χ2n) is 4.68. The van der Waals surface area contributed by atoms with E-state index in [2.05, 4.69) is 10.2 Å². The summed E-state index contributed by atoms with van der Waals surface area (Å²) in [6.07, 6.45) is 9.55. The predicted octanol–water partition coefficient (Wildman–Crippen LogP) is 2.19. The fraction of sp³-hybridized carbons (Fsp3) is 0.250. The Morgan fingerprint density at radius 2 is 1.00 bits per heavy atom. The van der Waals surface area contributed by atoms with Gasteiger partial charge in [-0.3, -0.25) is 0 Å². The van der Waals surface area contributed by atoms with Gasteiger partial charge < -0.3 is 0 Å². The van der Waals surface area contributed by atoms with Gasteiger partial charge in [-0.2, -0.15) is 0 Å². The van der Waals surface area contributed by atoms with Crippen LogP contribution in [-0.4, -0.2) is 11.4 Å². The molecule has 0 aliphatic rings. The highest BCUT2D eigenvalue weighted by atomic mass is 15.3. The van der Waals surface area contributed by atoms with E-state index in [0.29, 0.717) is 0 Å². The molecule has 102 valence electrons.